The van der Waals surface area contributed by atoms with Gasteiger partial charge in [-0.1, -0.05) is 26.0 Å². The Morgan fingerprint density at radius 3 is 2.76 bits per heavy atom. The molecule has 0 amide bonds. The predicted octanol–water partition coefficient (Wildman–Crippen LogP) is 3.10. The summed E-state index contributed by atoms with van der Waals surface area (Å²) in [5, 5.41) is 13.5. The van der Waals surface area contributed by atoms with Crippen molar-refractivity contribution in [2.24, 2.45) is 0 Å². The Morgan fingerprint density at radius 2 is 2.19 bits per heavy atom. The zero-order valence-electron chi connectivity index (χ0n) is 13.9. The number of aryl methyl sites for hydroxylation is 1. The Bertz CT molecular complexity index is 460. The van der Waals surface area contributed by atoms with E-state index in [9.17, 15) is 5.11 Å². The van der Waals surface area contributed by atoms with Gasteiger partial charge in [-0.05, 0) is 50.8 Å². The van der Waals surface area contributed by atoms with Crippen LogP contribution in [0.2, 0.25) is 0 Å². The lowest BCUT2D eigenvalue weighted by atomic mass is 9.97. The lowest BCUT2D eigenvalue weighted by Gasteiger charge is -2.34. The molecular formula is C18H30N2O. The standard InChI is InChI=1S/C18H30N2O/c1-5-20(16-8-6-7-15(4)11-16)17-9-10-18(12-17,13-21)19-14(2)3/h6-8,11,14,17,19,21H,5,9-10,12-13H2,1-4H3. The van der Waals surface area contributed by atoms with Crippen LogP contribution < -0.4 is 10.2 Å². The van der Waals surface area contributed by atoms with E-state index in [0.717, 1.165) is 25.8 Å². The molecule has 2 rings (SSSR count). The van der Waals surface area contributed by atoms with Crippen LogP contribution in [0.25, 0.3) is 0 Å². The Kier molecular flexibility index (Phi) is 5.28. The molecule has 118 valence electrons. The van der Waals surface area contributed by atoms with Crippen LogP contribution in [0.3, 0.4) is 0 Å². The van der Waals surface area contributed by atoms with E-state index in [2.05, 4.69) is 62.2 Å². The van der Waals surface area contributed by atoms with E-state index in [1.165, 1.54) is 11.3 Å². The van der Waals surface area contributed by atoms with Gasteiger partial charge in [-0.2, -0.15) is 0 Å². The number of hydrogen-bond acceptors (Lipinski definition) is 3. The second-order valence-corrected chi connectivity index (χ2v) is 6.76. The summed E-state index contributed by atoms with van der Waals surface area (Å²) in [5.74, 6) is 0. The maximum absolute atomic E-state index is 9.87. The van der Waals surface area contributed by atoms with Gasteiger partial charge in [0, 0.05) is 29.9 Å². The molecule has 3 heteroatoms. The number of hydrogen-bond donors (Lipinski definition) is 2. The average molecular weight is 290 g/mol. The van der Waals surface area contributed by atoms with Crippen molar-refractivity contribution < 1.29 is 5.11 Å². The van der Waals surface area contributed by atoms with Gasteiger partial charge in [0.2, 0.25) is 0 Å². The highest BCUT2D eigenvalue weighted by atomic mass is 16.3. The summed E-state index contributed by atoms with van der Waals surface area (Å²) in [4.78, 5) is 2.49. The Balaban J connectivity index is 2.14. The molecule has 1 aliphatic carbocycles. The van der Waals surface area contributed by atoms with E-state index in [1.54, 1.807) is 0 Å². The van der Waals surface area contributed by atoms with Crippen LogP contribution in [0.5, 0.6) is 0 Å². The topological polar surface area (TPSA) is 35.5 Å². The van der Waals surface area contributed by atoms with E-state index in [0.29, 0.717) is 12.1 Å². The lowest BCUT2D eigenvalue weighted by Crippen LogP contribution is -2.51. The van der Waals surface area contributed by atoms with Crippen LogP contribution >= 0.6 is 0 Å². The summed E-state index contributed by atoms with van der Waals surface area (Å²) in [5.41, 5.74) is 2.51. The zero-order valence-corrected chi connectivity index (χ0v) is 13.9. The average Bonchev–Trinajstić information content (AvgIpc) is 2.83. The SMILES string of the molecule is CCN(c1cccc(C)c1)C1CCC(CO)(NC(C)C)C1. The van der Waals surface area contributed by atoms with E-state index in [4.69, 9.17) is 0 Å². The van der Waals surface area contributed by atoms with Crippen molar-refractivity contribution in [3.05, 3.63) is 29.8 Å². The van der Waals surface area contributed by atoms with E-state index >= 15 is 0 Å². The molecule has 21 heavy (non-hydrogen) atoms. The smallest absolute Gasteiger partial charge is 0.0614 e. The van der Waals surface area contributed by atoms with Crippen LogP contribution in [-0.2, 0) is 0 Å². The fraction of sp³-hybridized carbons (Fsp3) is 0.667. The third-order valence-electron chi connectivity index (χ3n) is 4.59. The van der Waals surface area contributed by atoms with Crippen LogP contribution in [0.1, 0.15) is 45.6 Å². The first-order chi connectivity index (χ1) is 9.99. The van der Waals surface area contributed by atoms with Crippen molar-refractivity contribution in [1.82, 2.24) is 5.32 Å². The van der Waals surface area contributed by atoms with Crippen molar-refractivity contribution >= 4 is 5.69 Å². The van der Waals surface area contributed by atoms with Crippen molar-refractivity contribution in [3.8, 4) is 0 Å². The van der Waals surface area contributed by atoms with Crippen LogP contribution in [0, 0.1) is 6.92 Å². The second-order valence-electron chi connectivity index (χ2n) is 6.76. The molecule has 1 aliphatic rings. The molecular weight excluding hydrogens is 260 g/mol. The summed E-state index contributed by atoms with van der Waals surface area (Å²) in [6.07, 6.45) is 3.21. The summed E-state index contributed by atoms with van der Waals surface area (Å²) >= 11 is 0. The minimum atomic E-state index is -0.101. The molecule has 1 fully saturated rings. The molecule has 1 aromatic rings. The number of nitrogens with one attached hydrogen (secondary N) is 1. The van der Waals surface area contributed by atoms with Crippen LogP contribution in [0.15, 0.2) is 24.3 Å². The lowest BCUT2D eigenvalue weighted by molar-refractivity contribution is 0.154. The fourth-order valence-electron chi connectivity index (χ4n) is 3.76. The van der Waals surface area contributed by atoms with Gasteiger partial charge in [-0.15, -0.1) is 0 Å². The monoisotopic (exact) mass is 290 g/mol. The molecule has 2 unspecified atom stereocenters. The molecule has 0 saturated heterocycles. The quantitative estimate of drug-likeness (QED) is 0.845. The molecule has 1 saturated carbocycles. The molecule has 0 aromatic heterocycles. The highest BCUT2D eigenvalue weighted by Crippen LogP contribution is 2.35. The Morgan fingerprint density at radius 1 is 1.43 bits per heavy atom. The number of benzene rings is 1. The summed E-state index contributed by atoms with van der Waals surface area (Å²) < 4.78 is 0. The molecule has 0 radical (unpaired) electrons. The molecule has 0 aliphatic heterocycles. The highest BCUT2D eigenvalue weighted by Gasteiger charge is 2.40. The van der Waals surface area contributed by atoms with E-state index < -0.39 is 0 Å². The second kappa shape index (κ2) is 6.80. The summed E-state index contributed by atoms with van der Waals surface area (Å²) in [6, 6.07) is 9.65. The van der Waals surface area contributed by atoms with Gasteiger partial charge < -0.3 is 15.3 Å². The van der Waals surface area contributed by atoms with Crippen molar-refractivity contribution in [1.29, 1.82) is 0 Å². The Labute approximate surface area is 129 Å². The number of rotatable bonds is 6. The third-order valence-corrected chi connectivity index (χ3v) is 4.59. The van der Waals surface area contributed by atoms with Gasteiger partial charge in [-0.3, -0.25) is 0 Å². The number of nitrogens with zero attached hydrogens (tertiary/aromatic N) is 1. The highest BCUT2D eigenvalue weighted by molar-refractivity contribution is 5.49. The first kappa shape index (κ1) is 16.3. The first-order valence-electron chi connectivity index (χ1n) is 8.21. The number of aliphatic hydroxyl groups excluding tert-OH is 1. The molecule has 3 nitrogen and oxygen atoms in total. The molecule has 2 atom stereocenters. The van der Waals surface area contributed by atoms with Gasteiger partial charge in [-0.25, -0.2) is 0 Å². The van der Waals surface area contributed by atoms with Gasteiger partial charge in [0.15, 0.2) is 0 Å². The van der Waals surface area contributed by atoms with Crippen LogP contribution in [-0.4, -0.2) is 35.9 Å². The summed E-state index contributed by atoms with van der Waals surface area (Å²) in [6.45, 7) is 9.91. The largest absolute Gasteiger partial charge is 0.394 e. The van der Waals surface area contributed by atoms with Crippen molar-refractivity contribution in [2.45, 2.75) is 64.6 Å². The molecule has 0 spiro atoms. The minimum absolute atomic E-state index is 0.101. The maximum atomic E-state index is 9.87. The number of aliphatic hydroxyl groups is 1. The molecule has 0 heterocycles. The normalized spacial score (nSPS) is 25.5. The van der Waals surface area contributed by atoms with E-state index in [1.807, 2.05) is 0 Å². The number of anilines is 1. The van der Waals surface area contributed by atoms with Crippen molar-refractivity contribution in [2.75, 3.05) is 18.1 Å². The third kappa shape index (κ3) is 3.78. The molecule has 2 N–H and O–H groups in total. The van der Waals surface area contributed by atoms with E-state index in [-0.39, 0.29) is 12.1 Å². The minimum Gasteiger partial charge on any atom is -0.394 e. The molecule has 0 bridgehead atoms. The van der Waals surface area contributed by atoms with Gasteiger partial charge >= 0.3 is 0 Å². The predicted molar refractivity (Wildman–Crippen MR) is 89.9 cm³/mol. The fourth-order valence-corrected chi connectivity index (χ4v) is 3.76. The summed E-state index contributed by atoms with van der Waals surface area (Å²) in [7, 11) is 0. The van der Waals surface area contributed by atoms with Crippen LogP contribution in [0.4, 0.5) is 5.69 Å². The van der Waals surface area contributed by atoms with Crippen molar-refractivity contribution in [3.63, 3.8) is 0 Å². The Hall–Kier alpha value is -1.06. The first-order valence-corrected chi connectivity index (χ1v) is 8.21. The maximum Gasteiger partial charge on any atom is 0.0614 e. The van der Waals surface area contributed by atoms with Gasteiger partial charge in [0.1, 0.15) is 0 Å². The molecule has 1 aromatic carbocycles. The van der Waals surface area contributed by atoms with Gasteiger partial charge in [0.05, 0.1) is 6.61 Å². The zero-order chi connectivity index (χ0) is 15.5. The van der Waals surface area contributed by atoms with Gasteiger partial charge in [0.25, 0.3) is 0 Å².